The maximum absolute atomic E-state index is 12.8. The molecular weight excluding hydrogens is 257 g/mol. The molecule has 5 heteroatoms. The van der Waals surface area contributed by atoms with Gasteiger partial charge in [-0.25, -0.2) is 4.39 Å². The molecule has 1 atom stereocenters. The molecule has 0 bridgehead atoms. The van der Waals surface area contributed by atoms with Crippen LogP contribution in [0, 0.1) is 5.82 Å². The fraction of sp³-hybridized carbons (Fsp3) is 0.400. The highest BCUT2D eigenvalue weighted by atomic mass is 19.1. The first-order valence-corrected chi connectivity index (χ1v) is 6.81. The van der Waals surface area contributed by atoms with E-state index in [-0.39, 0.29) is 11.9 Å². The van der Waals surface area contributed by atoms with Crippen molar-refractivity contribution in [3.8, 4) is 0 Å². The summed E-state index contributed by atoms with van der Waals surface area (Å²) < 4.78 is 20.4. The number of ether oxygens (including phenoxy) is 1. The molecule has 2 heterocycles. The van der Waals surface area contributed by atoms with E-state index in [0.717, 1.165) is 24.3 Å². The monoisotopic (exact) mass is 275 g/mol. The summed E-state index contributed by atoms with van der Waals surface area (Å²) in [6.07, 6.45) is 2.99. The maximum Gasteiger partial charge on any atom is 0.123 e. The van der Waals surface area contributed by atoms with E-state index < -0.39 is 0 Å². The summed E-state index contributed by atoms with van der Waals surface area (Å²) in [5.74, 6) is -0.206. The minimum Gasteiger partial charge on any atom is -0.370 e. The van der Waals surface area contributed by atoms with Crippen molar-refractivity contribution in [1.29, 1.82) is 0 Å². The number of aromatic nitrogens is 2. The topological polar surface area (TPSA) is 39.1 Å². The van der Waals surface area contributed by atoms with Crippen molar-refractivity contribution in [2.24, 2.45) is 7.05 Å². The molecule has 1 aliphatic heterocycles. The Morgan fingerprint density at radius 2 is 2.20 bits per heavy atom. The van der Waals surface area contributed by atoms with E-state index in [1.54, 1.807) is 12.1 Å². The molecule has 0 radical (unpaired) electrons. The van der Waals surface area contributed by atoms with E-state index in [1.807, 2.05) is 11.7 Å². The van der Waals surface area contributed by atoms with Crippen LogP contribution < -0.4 is 5.32 Å². The second kappa shape index (κ2) is 5.73. The lowest BCUT2D eigenvalue weighted by Gasteiger charge is -2.22. The SMILES string of the molecule is Cn1cc2c(n1)[C@H](CNCc1ccc(F)cc1)OCC2. The molecule has 4 nitrogen and oxygen atoms in total. The third-order valence-corrected chi connectivity index (χ3v) is 3.50. The molecule has 3 rings (SSSR count). The molecule has 0 fully saturated rings. The Morgan fingerprint density at radius 1 is 1.40 bits per heavy atom. The molecule has 0 saturated heterocycles. The van der Waals surface area contributed by atoms with Crippen LogP contribution >= 0.6 is 0 Å². The smallest absolute Gasteiger partial charge is 0.123 e. The highest BCUT2D eigenvalue weighted by Gasteiger charge is 2.23. The van der Waals surface area contributed by atoms with Crippen LogP contribution in [0.5, 0.6) is 0 Å². The number of benzene rings is 1. The Bertz CT molecular complexity index is 579. The van der Waals surface area contributed by atoms with Gasteiger partial charge in [0, 0.05) is 26.3 Å². The first kappa shape index (κ1) is 13.3. The summed E-state index contributed by atoms with van der Waals surface area (Å²) in [6, 6.07) is 6.53. The Hall–Kier alpha value is -1.72. The van der Waals surface area contributed by atoms with E-state index in [0.29, 0.717) is 13.1 Å². The van der Waals surface area contributed by atoms with Gasteiger partial charge in [0.05, 0.1) is 12.3 Å². The highest BCUT2D eigenvalue weighted by molar-refractivity contribution is 5.22. The van der Waals surface area contributed by atoms with Crippen LogP contribution in [0.25, 0.3) is 0 Å². The number of rotatable bonds is 4. The van der Waals surface area contributed by atoms with Crippen molar-refractivity contribution in [2.75, 3.05) is 13.2 Å². The molecular formula is C15H18FN3O. The normalized spacial score (nSPS) is 18.0. The van der Waals surface area contributed by atoms with Gasteiger partial charge in [0.15, 0.2) is 0 Å². The van der Waals surface area contributed by atoms with E-state index in [1.165, 1.54) is 17.7 Å². The van der Waals surface area contributed by atoms with Crippen LogP contribution in [0.2, 0.25) is 0 Å². The van der Waals surface area contributed by atoms with Gasteiger partial charge < -0.3 is 10.1 Å². The largest absolute Gasteiger partial charge is 0.370 e. The zero-order valence-corrected chi connectivity index (χ0v) is 11.5. The van der Waals surface area contributed by atoms with Crippen molar-refractivity contribution >= 4 is 0 Å². The summed E-state index contributed by atoms with van der Waals surface area (Å²) in [5.41, 5.74) is 3.36. The average Bonchev–Trinajstić information content (AvgIpc) is 2.82. The van der Waals surface area contributed by atoms with Crippen LogP contribution in [0.3, 0.4) is 0 Å². The van der Waals surface area contributed by atoms with E-state index in [4.69, 9.17) is 4.74 Å². The van der Waals surface area contributed by atoms with Gasteiger partial charge in [-0.15, -0.1) is 0 Å². The molecule has 1 aliphatic rings. The van der Waals surface area contributed by atoms with Gasteiger partial charge in [-0.1, -0.05) is 12.1 Å². The van der Waals surface area contributed by atoms with Crippen LogP contribution in [0.4, 0.5) is 4.39 Å². The molecule has 1 aromatic heterocycles. The predicted octanol–water partition coefficient (Wildman–Crippen LogP) is 1.96. The molecule has 0 aliphatic carbocycles. The number of halogens is 1. The Labute approximate surface area is 117 Å². The second-order valence-corrected chi connectivity index (χ2v) is 5.08. The van der Waals surface area contributed by atoms with Gasteiger partial charge in [0.25, 0.3) is 0 Å². The van der Waals surface area contributed by atoms with Gasteiger partial charge >= 0.3 is 0 Å². The Morgan fingerprint density at radius 3 is 3.00 bits per heavy atom. The van der Waals surface area contributed by atoms with E-state index in [2.05, 4.69) is 16.6 Å². The van der Waals surface area contributed by atoms with Crippen LogP contribution in [-0.2, 0) is 24.8 Å². The summed E-state index contributed by atoms with van der Waals surface area (Å²) in [4.78, 5) is 0. The summed E-state index contributed by atoms with van der Waals surface area (Å²) in [5, 5.41) is 7.82. The van der Waals surface area contributed by atoms with Crippen LogP contribution in [0.1, 0.15) is 22.9 Å². The number of aryl methyl sites for hydroxylation is 1. The van der Waals surface area contributed by atoms with Gasteiger partial charge in [-0.2, -0.15) is 5.10 Å². The maximum atomic E-state index is 12.8. The quantitative estimate of drug-likeness (QED) is 0.927. The fourth-order valence-corrected chi connectivity index (χ4v) is 2.51. The predicted molar refractivity (Wildman–Crippen MR) is 73.7 cm³/mol. The lowest BCUT2D eigenvalue weighted by atomic mass is 10.1. The molecule has 0 amide bonds. The van der Waals surface area contributed by atoms with Crippen molar-refractivity contribution in [3.05, 3.63) is 53.1 Å². The number of fused-ring (bicyclic) bond motifs is 1. The highest BCUT2D eigenvalue weighted by Crippen LogP contribution is 2.24. The van der Waals surface area contributed by atoms with E-state index >= 15 is 0 Å². The van der Waals surface area contributed by atoms with Gasteiger partial charge in [0.2, 0.25) is 0 Å². The molecule has 1 aromatic carbocycles. The van der Waals surface area contributed by atoms with Crippen molar-refractivity contribution in [2.45, 2.75) is 19.1 Å². The lowest BCUT2D eigenvalue weighted by Crippen LogP contribution is -2.27. The molecule has 2 aromatic rings. The fourth-order valence-electron chi connectivity index (χ4n) is 2.51. The summed E-state index contributed by atoms with van der Waals surface area (Å²) in [7, 11) is 1.93. The van der Waals surface area contributed by atoms with Crippen molar-refractivity contribution < 1.29 is 9.13 Å². The molecule has 20 heavy (non-hydrogen) atoms. The number of hydrogen-bond acceptors (Lipinski definition) is 3. The molecule has 1 N–H and O–H groups in total. The zero-order valence-electron chi connectivity index (χ0n) is 11.5. The van der Waals surface area contributed by atoms with Crippen molar-refractivity contribution in [3.63, 3.8) is 0 Å². The van der Waals surface area contributed by atoms with Crippen LogP contribution in [-0.4, -0.2) is 22.9 Å². The standard InChI is InChI=1S/C15H18FN3O/c1-19-10-12-6-7-20-14(15(12)18-19)9-17-8-11-2-4-13(16)5-3-11/h2-5,10,14,17H,6-9H2,1H3/t14-/m0/s1. The Kier molecular flexibility index (Phi) is 3.80. The zero-order chi connectivity index (χ0) is 13.9. The first-order valence-electron chi connectivity index (χ1n) is 6.81. The third-order valence-electron chi connectivity index (χ3n) is 3.50. The lowest BCUT2D eigenvalue weighted by molar-refractivity contribution is 0.0393. The Balaban J connectivity index is 1.58. The molecule has 0 saturated carbocycles. The van der Waals surface area contributed by atoms with Crippen LogP contribution in [0.15, 0.2) is 30.5 Å². The average molecular weight is 275 g/mol. The van der Waals surface area contributed by atoms with Gasteiger partial charge in [-0.3, -0.25) is 4.68 Å². The first-order chi connectivity index (χ1) is 9.72. The minimum absolute atomic E-state index is 0.000369. The summed E-state index contributed by atoms with van der Waals surface area (Å²) in [6.45, 7) is 2.14. The number of nitrogens with one attached hydrogen (secondary N) is 1. The summed E-state index contributed by atoms with van der Waals surface area (Å²) >= 11 is 0. The third kappa shape index (κ3) is 2.89. The second-order valence-electron chi connectivity index (χ2n) is 5.08. The molecule has 0 unspecified atom stereocenters. The van der Waals surface area contributed by atoms with E-state index in [9.17, 15) is 4.39 Å². The van der Waals surface area contributed by atoms with Crippen molar-refractivity contribution in [1.82, 2.24) is 15.1 Å². The molecule has 106 valence electrons. The molecule has 0 spiro atoms. The number of nitrogens with zero attached hydrogens (tertiary/aromatic N) is 2. The van der Waals surface area contributed by atoms with Gasteiger partial charge in [-0.05, 0) is 29.7 Å². The van der Waals surface area contributed by atoms with Gasteiger partial charge in [0.1, 0.15) is 11.9 Å². The number of hydrogen-bond donors (Lipinski definition) is 1. The minimum atomic E-state index is -0.206.